The molecule has 2 rings (SSSR count). The number of hydrogen-bond acceptors (Lipinski definition) is 4. The maximum Gasteiger partial charge on any atom is 0.394 e. The van der Waals surface area contributed by atoms with Gasteiger partial charge in [-0.3, -0.25) is 19.3 Å². The van der Waals surface area contributed by atoms with Gasteiger partial charge in [0.2, 0.25) is 11.8 Å². The summed E-state index contributed by atoms with van der Waals surface area (Å²) in [6, 6.07) is -0.485. The highest BCUT2D eigenvalue weighted by Gasteiger charge is 2.53. The third-order valence-corrected chi connectivity index (χ3v) is 4.41. The van der Waals surface area contributed by atoms with E-state index >= 15 is 0 Å². The zero-order chi connectivity index (χ0) is 18.9. The molecule has 4 amide bonds. The van der Waals surface area contributed by atoms with E-state index in [1.807, 2.05) is 0 Å². The minimum atomic E-state index is -4.70. The Morgan fingerprint density at radius 3 is 2.32 bits per heavy atom. The van der Waals surface area contributed by atoms with Crippen LogP contribution in [0.5, 0.6) is 0 Å². The summed E-state index contributed by atoms with van der Waals surface area (Å²) >= 11 is 0. The van der Waals surface area contributed by atoms with Crippen molar-refractivity contribution in [2.45, 2.75) is 19.0 Å². The van der Waals surface area contributed by atoms with Crippen LogP contribution in [0.4, 0.5) is 18.0 Å². The second-order valence-corrected chi connectivity index (χ2v) is 6.18. The van der Waals surface area contributed by atoms with Crippen LogP contribution in [-0.2, 0) is 14.4 Å². The van der Waals surface area contributed by atoms with Crippen LogP contribution in [0.3, 0.4) is 0 Å². The van der Waals surface area contributed by atoms with Gasteiger partial charge >= 0.3 is 18.2 Å². The number of carboxylic acids is 1. The number of carbonyl (C=O) groups is 4. The predicted octanol–water partition coefficient (Wildman–Crippen LogP) is 0.382. The molecular weight excluding hydrogens is 347 g/mol. The Hall–Kier alpha value is -2.33. The molecule has 140 valence electrons. The number of halogens is 3. The van der Waals surface area contributed by atoms with Crippen molar-refractivity contribution in [2.75, 3.05) is 33.2 Å². The molecule has 2 saturated heterocycles. The summed E-state index contributed by atoms with van der Waals surface area (Å²) in [5.74, 6) is -6.38. The van der Waals surface area contributed by atoms with Crippen molar-refractivity contribution in [1.29, 1.82) is 0 Å². The molecule has 25 heavy (non-hydrogen) atoms. The molecule has 2 aliphatic rings. The monoisotopic (exact) mass is 365 g/mol. The number of alkyl halides is 3. The summed E-state index contributed by atoms with van der Waals surface area (Å²) in [5.41, 5.74) is 0. The molecule has 2 aliphatic heterocycles. The number of likely N-dealkylation sites (N-methyl/N-ethyl adjacent to an activating group) is 1. The minimum absolute atomic E-state index is 0.00730. The first-order chi connectivity index (χ1) is 11.5. The van der Waals surface area contributed by atoms with Gasteiger partial charge in [0, 0.05) is 33.1 Å². The number of amides is 4. The third kappa shape index (κ3) is 4.02. The largest absolute Gasteiger partial charge is 0.481 e. The molecular formula is C14H18F3N3O5. The molecule has 0 aliphatic carbocycles. The number of likely N-dealkylation sites (tertiary alicyclic amines) is 1. The van der Waals surface area contributed by atoms with E-state index in [-0.39, 0.29) is 25.9 Å². The Labute approximate surface area is 141 Å². The van der Waals surface area contributed by atoms with Crippen LogP contribution in [0.15, 0.2) is 0 Å². The zero-order valence-electron chi connectivity index (χ0n) is 13.5. The number of carbonyl (C=O) groups excluding carboxylic acids is 3. The highest BCUT2D eigenvalue weighted by atomic mass is 19.4. The second kappa shape index (κ2) is 6.89. The Morgan fingerprint density at radius 1 is 1.24 bits per heavy atom. The molecule has 2 heterocycles. The highest BCUT2D eigenvalue weighted by molar-refractivity contribution is 6.01. The lowest BCUT2D eigenvalue weighted by molar-refractivity contribution is -0.188. The van der Waals surface area contributed by atoms with Crippen LogP contribution in [0.1, 0.15) is 12.8 Å². The number of imide groups is 1. The first-order valence-corrected chi connectivity index (χ1v) is 7.65. The van der Waals surface area contributed by atoms with Crippen molar-refractivity contribution >= 4 is 23.8 Å². The lowest BCUT2D eigenvalue weighted by Gasteiger charge is -2.19. The van der Waals surface area contributed by atoms with Crippen molar-refractivity contribution < 1.29 is 37.5 Å². The Kier molecular flexibility index (Phi) is 5.23. The molecule has 1 N–H and O–H groups in total. The van der Waals surface area contributed by atoms with Crippen molar-refractivity contribution in [3.63, 3.8) is 0 Å². The first kappa shape index (κ1) is 19.0. The second-order valence-electron chi connectivity index (χ2n) is 6.18. The highest BCUT2D eigenvalue weighted by Crippen LogP contribution is 2.37. The molecule has 0 saturated carbocycles. The van der Waals surface area contributed by atoms with Gasteiger partial charge in [-0.25, -0.2) is 4.79 Å². The van der Waals surface area contributed by atoms with Crippen molar-refractivity contribution in [3.05, 3.63) is 0 Å². The molecule has 0 aromatic heterocycles. The van der Waals surface area contributed by atoms with Crippen LogP contribution in [-0.4, -0.2) is 83.0 Å². The average molecular weight is 365 g/mol. The lowest BCUT2D eigenvalue weighted by atomic mass is 9.96. The Morgan fingerprint density at radius 2 is 1.88 bits per heavy atom. The van der Waals surface area contributed by atoms with E-state index in [9.17, 15) is 32.3 Å². The smallest absolute Gasteiger partial charge is 0.394 e. The van der Waals surface area contributed by atoms with E-state index in [0.717, 1.165) is 9.80 Å². The van der Waals surface area contributed by atoms with Gasteiger partial charge in [-0.2, -0.15) is 13.2 Å². The predicted molar refractivity (Wildman–Crippen MR) is 76.2 cm³/mol. The summed E-state index contributed by atoms with van der Waals surface area (Å²) < 4.78 is 38.7. The normalized spacial score (nSPS) is 24.4. The molecule has 0 radical (unpaired) electrons. The fourth-order valence-corrected chi connectivity index (χ4v) is 3.02. The maximum atomic E-state index is 12.9. The summed E-state index contributed by atoms with van der Waals surface area (Å²) in [7, 11) is 1.46. The van der Waals surface area contributed by atoms with E-state index in [1.165, 1.54) is 11.9 Å². The van der Waals surface area contributed by atoms with Crippen LogP contribution in [0.2, 0.25) is 0 Å². The van der Waals surface area contributed by atoms with Crippen LogP contribution in [0, 0.1) is 11.8 Å². The van der Waals surface area contributed by atoms with Gasteiger partial charge in [0.1, 0.15) is 6.54 Å². The number of rotatable bonds is 5. The zero-order valence-corrected chi connectivity index (χ0v) is 13.5. The van der Waals surface area contributed by atoms with Crippen LogP contribution in [0.25, 0.3) is 0 Å². The molecule has 0 aromatic rings. The molecule has 2 atom stereocenters. The van der Waals surface area contributed by atoms with Gasteiger partial charge in [0.25, 0.3) is 0 Å². The van der Waals surface area contributed by atoms with Crippen molar-refractivity contribution in [2.24, 2.45) is 11.8 Å². The number of hydrogen-bond donors (Lipinski definition) is 1. The Balaban J connectivity index is 1.88. The lowest BCUT2D eigenvalue weighted by Crippen LogP contribution is -2.35. The van der Waals surface area contributed by atoms with Gasteiger partial charge in [-0.05, 0) is 6.42 Å². The molecule has 8 nitrogen and oxygen atoms in total. The summed E-state index contributed by atoms with van der Waals surface area (Å²) in [6.45, 7) is -1.24. The standard InChI is InChI=1S/C14H18F3N3O5/c1-18-7-11(22)20(13(18)25)4-2-3-10(21)19-5-8(12(23)24)9(6-19)14(15,16)17/h8-9H,2-7H2,1H3,(H,23,24)/t8-,9-/m1/s1. The van der Waals surface area contributed by atoms with E-state index in [4.69, 9.17) is 5.11 Å². The van der Waals surface area contributed by atoms with E-state index < -0.39 is 54.9 Å². The summed E-state index contributed by atoms with van der Waals surface area (Å²) in [5, 5.41) is 8.93. The van der Waals surface area contributed by atoms with Crippen molar-refractivity contribution in [3.8, 4) is 0 Å². The summed E-state index contributed by atoms with van der Waals surface area (Å²) in [4.78, 5) is 49.4. The minimum Gasteiger partial charge on any atom is -0.481 e. The topological polar surface area (TPSA) is 98.2 Å². The van der Waals surface area contributed by atoms with Gasteiger partial charge in [-0.15, -0.1) is 0 Å². The molecule has 0 aromatic carbocycles. The Bertz CT molecular complexity index is 595. The molecule has 2 fully saturated rings. The molecule has 0 bridgehead atoms. The summed E-state index contributed by atoms with van der Waals surface area (Å²) in [6.07, 6.45) is -4.76. The fourth-order valence-electron chi connectivity index (χ4n) is 3.02. The maximum absolute atomic E-state index is 12.9. The van der Waals surface area contributed by atoms with Crippen molar-refractivity contribution in [1.82, 2.24) is 14.7 Å². The van der Waals surface area contributed by atoms with Gasteiger partial charge in [0.15, 0.2) is 0 Å². The molecule has 0 spiro atoms. The van der Waals surface area contributed by atoms with Crippen LogP contribution >= 0.6 is 0 Å². The van der Waals surface area contributed by atoms with E-state index in [0.29, 0.717) is 0 Å². The quantitative estimate of drug-likeness (QED) is 0.711. The number of carboxylic acid groups (broad SMARTS) is 1. The first-order valence-electron chi connectivity index (χ1n) is 7.65. The van der Waals surface area contributed by atoms with Gasteiger partial charge < -0.3 is 14.9 Å². The van der Waals surface area contributed by atoms with E-state index in [1.54, 1.807) is 0 Å². The van der Waals surface area contributed by atoms with Crippen LogP contribution < -0.4 is 0 Å². The molecule has 11 heteroatoms. The fraction of sp³-hybridized carbons (Fsp3) is 0.714. The molecule has 0 unspecified atom stereocenters. The third-order valence-electron chi connectivity index (χ3n) is 4.41. The number of nitrogens with zero attached hydrogens (tertiary/aromatic N) is 3. The number of aliphatic carboxylic acids is 1. The van der Waals surface area contributed by atoms with Gasteiger partial charge in [0.05, 0.1) is 11.8 Å². The van der Waals surface area contributed by atoms with E-state index in [2.05, 4.69) is 0 Å². The average Bonchev–Trinajstić information content (AvgIpc) is 3.04. The van der Waals surface area contributed by atoms with Gasteiger partial charge in [-0.1, -0.05) is 0 Å². The number of urea groups is 1. The SMILES string of the molecule is CN1CC(=O)N(CCCC(=O)N2C[C@@H](C(F)(F)F)[C@H](C(=O)O)C2)C1=O.